The molecule has 0 fully saturated rings. The summed E-state index contributed by atoms with van der Waals surface area (Å²) in [6.07, 6.45) is 13.3. The van der Waals surface area contributed by atoms with E-state index in [1.807, 2.05) is 0 Å². The first-order valence-corrected chi connectivity index (χ1v) is 7.47. The van der Waals surface area contributed by atoms with Gasteiger partial charge in [-0.3, -0.25) is 4.79 Å². The molecule has 0 saturated carbocycles. The van der Waals surface area contributed by atoms with Gasteiger partial charge in [0.15, 0.2) is 0 Å². The van der Waals surface area contributed by atoms with Crippen molar-refractivity contribution >= 4 is 5.97 Å². The molecule has 2 heteroatoms. The third-order valence-electron chi connectivity index (χ3n) is 2.73. The minimum absolute atomic E-state index is 0.0328. The number of carbonyl (C=O) groups excluding carboxylic acids is 1. The van der Waals surface area contributed by atoms with Crippen LogP contribution in [0.2, 0.25) is 0 Å². The number of unbranched alkanes of at least 4 members (excludes halogenated alkanes) is 5. The van der Waals surface area contributed by atoms with E-state index in [1.54, 1.807) is 0 Å². The van der Waals surface area contributed by atoms with Crippen LogP contribution in [0.25, 0.3) is 0 Å². The molecule has 0 bridgehead atoms. The summed E-state index contributed by atoms with van der Waals surface area (Å²) in [5.74, 6) is 0.403. The van der Waals surface area contributed by atoms with Gasteiger partial charge in [-0.05, 0) is 31.6 Å². The van der Waals surface area contributed by atoms with E-state index >= 15 is 0 Å². The lowest BCUT2D eigenvalue weighted by molar-refractivity contribution is -0.144. The van der Waals surface area contributed by atoms with Gasteiger partial charge in [-0.1, -0.05) is 52.2 Å². The van der Waals surface area contributed by atoms with Crippen LogP contribution < -0.4 is 0 Å². The number of hydrogen-bond donors (Lipinski definition) is 0. The van der Waals surface area contributed by atoms with Crippen LogP contribution in [0.4, 0.5) is 0 Å². The van der Waals surface area contributed by atoms with Crippen LogP contribution >= 0.6 is 0 Å². The highest BCUT2D eigenvalue weighted by atomic mass is 16.5. The third kappa shape index (κ3) is 13.3. The number of hydrogen-bond acceptors (Lipinski definition) is 2. The second-order valence-electron chi connectivity index (χ2n) is 5.26. The number of rotatable bonds is 11. The van der Waals surface area contributed by atoms with E-state index in [0.29, 0.717) is 18.9 Å². The zero-order valence-corrected chi connectivity index (χ0v) is 12.4. The molecule has 0 spiro atoms. The lowest BCUT2D eigenvalue weighted by atomic mass is 10.1. The fourth-order valence-electron chi connectivity index (χ4n) is 1.68. The minimum Gasteiger partial charge on any atom is -0.465 e. The van der Waals surface area contributed by atoms with E-state index in [2.05, 4.69) is 32.9 Å². The van der Waals surface area contributed by atoms with Gasteiger partial charge in [-0.25, -0.2) is 0 Å². The van der Waals surface area contributed by atoms with E-state index in [9.17, 15) is 4.79 Å². The SMILES string of the molecule is CC/C=C\CCCCCCCC(=O)OCC(C)C. The highest BCUT2D eigenvalue weighted by Gasteiger charge is 2.03. The number of carbonyl (C=O) groups is 1. The Kier molecular flexibility index (Phi) is 12.1. The van der Waals surface area contributed by atoms with Crippen LogP contribution in [0.15, 0.2) is 12.2 Å². The molecule has 0 aromatic rings. The van der Waals surface area contributed by atoms with E-state index in [-0.39, 0.29) is 5.97 Å². The predicted octanol–water partition coefficient (Wildman–Crippen LogP) is 4.88. The molecule has 0 saturated heterocycles. The Bertz CT molecular complexity index is 219. The Morgan fingerprint density at radius 3 is 2.39 bits per heavy atom. The maximum Gasteiger partial charge on any atom is 0.305 e. The van der Waals surface area contributed by atoms with Crippen molar-refractivity contribution in [2.24, 2.45) is 5.92 Å². The van der Waals surface area contributed by atoms with Gasteiger partial charge in [0.05, 0.1) is 6.61 Å². The second-order valence-corrected chi connectivity index (χ2v) is 5.26. The van der Waals surface area contributed by atoms with Crippen molar-refractivity contribution in [1.29, 1.82) is 0 Å². The summed E-state index contributed by atoms with van der Waals surface area (Å²) in [6.45, 7) is 6.83. The second kappa shape index (κ2) is 12.7. The van der Waals surface area contributed by atoms with Gasteiger partial charge in [-0.2, -0.15) is 0 Å². The molecular weight excluding hydrogens is 224 g/mol. The van der Waals surface area contributed by atoms with Crippen LogP contribution in [0, 0.1) is 5.92 Å². The van der Waals surface area contributed by atoms with Crippen molar-refractivity contribution < 1.29 is 9.53 Å². The van der Waals surface area contributed by atoms with Crippen LogP contribution in [0.3, 0.4) is 0 Å². The lowest BCUT2D eigenvalue weighted by Gasteiger charge is -2.06. The lowest BCUT2D eigenvalue weighted by Crippen LogP contribution is -2.09. The molecule has 0 aromatic carbocycles. The first kappa shape index (κ1) is 17.2. The summed E-state index contributed by atoms with van der Waals surface area (Å²) in [6, 6.07) is 0. The largest absolute Gasteiger partial charge is 0.465 e. The van der Waals surface area contributed by atoms with E-state index < -0.39 is 0 Å². The first-order valence-electron chi connectivity index (χ1n) is 7.47. The average molecular weight is 254 g/mol. The van der Waals surface area contributed by atoms with E-state index in [4.69, 9.17) is 4.74 Å². The molecule has 0 heterocycles. The highest BCUT2D eigenvalue weighted by molar-refractivity contribution is 5.69. The van der Waals surface area contributed by atoms with Crippen LogP contribution in [0.5, 0.6) is 0 Å². The smallest absolute Gasteiger partial charge is 0.305 e. The quantitative estimate of drug-likeness (QED) is 0.298. The Hall–Kier alpha value is -0.790. The van der Waals surface area contributed by atoms with Crippen molar-refractivity contribution in [3.8, 4) is 0 Å². The maximum absolute atomic E-state index is 11.3. The Morgan fingerprint density at radius 2 is 1.72 bits per heavy atom. The third-order valence-corrected chi connectivity index (χ3v) is 2.73. The summed E-state index contributed by atoms with van der Waals surface area (Å²) >= 11 is 0. The molecule has 0 atom stereocenters. The van der Waals surface area contributed by atoms with Crippen molar-refractivity contribution in [3.63, 3.8) is 0 Å². The van der Waals surface area contributed by atoms with E-state index in [1.165, 1.54) is 25.7 Å². The minimum atomic E-state index is -0.0328. The summed E-state index contributed by atoms with van der Waals surface area (Å²) in [5, 5.41) is 0. The van der Waals surface area contributed by atoms with Gasteiger partial charge in [0.25, 0.3) is 0 Å². The zero-order valence-electron chi connectivity index (χ0n) is 12.4. The van der Waals surface area contributed by atoms with Crippen molar-refractivity contribution in [2.75, 3.05) is 6.61 Å². The molecule has 18 heavy (non-hydrogen) atoms. The van der Waals surface area contributed by atoms with Crippen LogP contribution in [-0.2, 0) is 9.53 Å². The monoisotopic (exact) mass is 254 g/mol. The fraction of sp³-hybridized carbons (Fsp3) is 0.812. The van der Waals surface area contributed by atoms with Crippen LogP contribution in [0.1, 0.15) is 72.1 Å². The molecule has 0 rings (SSSR count). The highest BCUT2D eigenvalue weighted by Crippen LogP contribution is 2.08. The number of ether oxygens (including phenoxy) is 1. The normalized spacial score (nSPS) is 11.3. The fourth-order valence-corrected chi connectivity index (χ4v) is 1.68. The first-order chi connectivity index (χ1) is 8.66. The Balaban J connectivity index is 3.20. The van der Waals surface area contributed by atoms with Gasteiger partial charge in [0, 0.05) is 6.42 Å². The Labute approximate surface area is 113 Å². The molecule has 0 aromatic heterocycles. The van der Waals surface area contributed by atoms with Crippen molar-refractivity contribution in [2.45, 2.75) is 72.1 Å². The summed E-state index contributed by atoms with van der Waals surface area (Å²) in [4.78, 5) is 11.3. The Morgan fingerprint density at radius 1 is 1.06 bits per heavy atom. The summed E-state index contributed by atoms with van der Waals surface area (Å²) < 4.78 is 5.13. The molecule has 0 unspecified atom stereocenters. The van der Waals surface area contributed by atoms with Gasteiger partial charge >= 0.3 is 5.97 Å². The average Bonchev–Trinajstić information content (AvgIpc) is 2.34. The maximum atomic E-state index is 11.3. The topological polar surface area (TPSA) is 26.3 Å². The standard InChI is InChI=1S/C16H30O2/c1-4-5-6-7-8-9-10-11-12-13-16(17)18-14-15(2)3/h5-6,15H,4,7-14H2,1-3H3/b6-5-. The van der Waals surface area contributed by atoms with Crippen LogP contribution in [-0.4, -0.2) is 12.6 Å². The van der Waals surface area contributed by atoms with E-state index in [0.717, 1.165) is 19.3 Å². The van der Waals surface area contributed by atoms with Gasteiger partial charge in [0.1, 0.15) is 0 Å². The summed E-state index contributed by atoms with van der Waals surface area (Å²) in [5.41, 5.74) is 0. The molecule has 0 aliphatic rings. The van der Waals surface area contributed by atoms with Gasteiger partial charge in [-0.15, -0.1) is 0 Å². The molecule has 0 amide bonds. The zero-order chi connectivity index (χ0) is 13.6. The van der Waals surface area contributed by atoms with Gasteiger partial charge in [0.2, 0.25) is 0 Å². The van der Waals surface area contributed by atoms with Gasteiger partial charge < -0.3 is 4.74 Å². The van der Waals surface area contributed by atoms with Crippen molar-refractivity contribution in [3.05, 3.63) is 12.2 Å². The number of esters is 1. The molecular formula is C16H30O2. The molecule has 0 N–H and O–H groups in total. The molecule has 0 aliphatic carbocycles. The molecule has 0 aliphatic heterocycles. The van der Waals surface area contributed by atoms with Crippen molar-refractivity contribution in [1.82, 2.24) is 0 Å². The summed E-state index contributed by atoms with van der Waals surface area (Å²) in [7, 11) is 0. The molecule has 0 radical (unpaired) electrons. The predicted molar refractivity (Wildman–Crippen MR) is 77.5 cm³/mol. The molecule has 2 nitrogen and oxygen atoms in total. The molecule has 106 valence electrons. The number of allylic oxidation sites excluding steroid dienone is 2.